The van der Waals surface area contributed by atoms with Crippen molar-refractivity contribution in [2.24, 2.45) is 0 Å². The van der Waals surface area contributed by atoms with Gasteiger partial charge < -0.3 is 5.11 Å². The number of rotatable bonds is 4. The van der Waals surface area contributed by atoms with E-state index >= 15 is 0 Å². The molecule has 0 aliphatic rings. The summed E-state index contributed by atoms with van der Waals surface area (Å²) >= 11 is 3.45. The van der Waals surface area contributed by atoms with E-state index in [1.165, 1.54) is 0 Å². The van der Waals surface area contributed by atoms with Gasteiger partial charge in [0.05, 0.1) is 10.2 Å². The summed E-state index contributed by atoms with van der Waals surface area (Å²) < 4.78 is 2.42. The van der Waals surface area contributed by atoms with Crippen LogP contribution in [0.4, 0.5) is 0 Å². The van der Waals surface area contributed by atoms with Gasteiger partial charge in [-0.05, 0) is 22.4 Å². The fourth-order valence-corrected chi connectivity index (χ4v) is 2.56. The molecule has 1 atom stereocenters. The van der Waals surface area contributed by atoms with Crippen LogP contribution in [-0.4, -0.2) is 20.9 Å². The third kappa shape index (κ3) is 3.31. The van der Waals surface area contributed by atoms with Crippen LogP contribution in [0.3, 0.4) is 0 Å². The van der Waals surface area contributed by atoms with Crippen molar-refractivity contribution in [3.8, 4) is 0 Å². The van der Waals surface area contributed by atoms with Gasteiger partial charge in [0.1, 0.15) is 6.04 Å². The van der Waals surface area contributed by atoms with E-state index in [1.54, 1.807) is 10.9 Å². The van der Waals surface area contributed by atoms with Crippen LogP contribution in [0.2, 0.25) is 0 Å². The molecule has 1 N–H and O–H groups in total. The van der Waals surface area contributed by atoms with Crippen LogP contribution in [0.1, 0.15) is 52.3 Å². The summed E-state index contributed by atoms with van der Waals surface area (Å²) in [6, 6.07) is -0.576. The standard InChI is InChI=1S/C12H19BrN2O2/c1-5-6-9(11(16)17)15-7-8(13)10(14-15)12(2,3)4/h7,9H,5-6H2,1-4H3,(H,16,17). The summed E-state index contributed by atoms with van der Waals surface area (Å²) in [6.07, 6.45) is 3.17. The summed E-state index contributed by atoms with van der Waals surface area (Å²) in [5, 5.41) is 13.6. The SMILES string of the molecule is CCCC(C(=O)O)n1cc(Br)c(C(C)(C)C)n1. The fourth-order valence-electron chi connectivity index (χ4n) is 1.68. The molecule has 0 aliphatic heterocycles. The van der Waals surface area contributed by atoms with Crippen LogP contribution in [0, 0.1) is 0 Å². The number of hydrogen-bond acceptors (Lipinski definition) is 2. The largest absolute Gasteiger partial charge is 0.480 e. The second-order valence-electron chi connectivity index (χ2n) is 5.20. The molecular weight excluding hydrogens is 284 g/mol. The highest BCUT2D eigenvalue weighted by Gasteiger charge is 2.25. The predicted octanol–water partition coefficient (Wildman–Crippen LogP) is 3.37. The topological polar surface area (TPSA) is 55.1 Å². The molecule has 0 fully saturated rings. The Morgan fingerprint density at radius 3 is 2.53 bits per heavy atom. The van der Waals surface area contributed by atoms with Crippen molar-refractivity contribution in [2.45, 2.75) is 52.0 Å². The Bertz CT molecular complexity index is 407. The molecule has 17 heavy (non-hydrogen) atoms. The molecule has 0 saturated carbocycles. The first-order chi connectivity index (χ1) is 7.77. The smallest absolute Gasteiger partial charge is 0.328 e. The predicted molar refractivity (Wildman–Crippen MR) is 70.2 cm³/mol. The van der Waals surface area contributed by atoms with Gasteiger partial charge in [0, 0.05) is 11.6 Å². The van der Waals surface area contributed by atoms with E-state index < -0.39 is 12.0 Å². The molecule has 1 unspecified atom stereocenters. The molecule has 0 saturated heterocycles. The second kappa shape index (κ2) is 5.21. The maximum Gasteiger partial charge on any atom is 0.328 e. The van der Waals surface area contributed by atoms with Gasteiger partial charge in [0.15, 0.2) is 0 Å². The number of halogens is 1. The molecule has 0 aromatic carbocycles. The first-order valence-corrected chi connectivity index (χ1v) is 6.54. The van der Waals surface area contributed by atoms with Crippen molar-refractivity contribution >= 4 is 21.9 Å². The average molecular weight is 303 g/mol. The average Bonchev–Trinajstić information content (AvgIpc) is 2.55. The minimum Gasteiger partial charge on any atom is -0.480 e. The van der Waals surface area contributed by atoms with Gasteiger partial charge in [0.25, 0.3) is 0 Å². The summed E-state index contributed by atoms with van der Waals surface area (Å²) in [6.45, 7) is 8.14. The minimum atomic E-state index is -0.831. The molecule has 0 radical (unpaired) electrons. The number of carbonyl (C=O) groups is 1. The first-order valence-electron chi connectivity index (χ1n) is 5.75. The number of aliphatic carboxylic acids is 1. The van der Waals surface area contributed by atoms with Gasteiger partial charge in [-0.15, -0.1) is 0 Å². The molecule has 1 rings (SSSR count). The Morgan fingerprint density at radius 2 is 2.18 bits per heavy atom. The molecule has 96 valence electrons. The summed E-state index contributed by atoms with van der Waals surface area (Å²) in [7, 11) is 0. The molecule has 1 aromatic rings. The molecule has 1 heterocycles. The van der Waals surface area contributed by atoms with Gasteiger partial charge in [-0.1, -0.05) is 34.1 Å². The molecule has 4 nitrogen and oxygen atoms in total. The van der Waals surface area contributed by atoms with Gasteiger partial charge >= 0.3 is 5.97 Å². The first kappa shape index (κ1) is 14.2. The molecule has 1 aromatic heterocycles. The lowest BCUT2D eigenvalue weighted by atomic mass is 9.93. The van der Waals surface area contributed by atoms with E-state index in [0.717, 1.165) is 16.6 Å². The number of nitrogens with zero attached hydrogens (tertiary/aromatic N) is 2. The summed E-state index contributed by atoms with van der Waals surface area (Å²) in [4.78, 5) is 11.2. The molecular formula is C12H19BrN2O2. The number of carboxylic acids is 1. The van der Waals surface area contributed by atoms with Crippen LogP contribution in [0.5, 0.6) is 0 Å². The highest BCUT2D eigenvalue weighted by atomic mass is 79.9. The van der Waals surface area contributed by atoms with Gasteiger partial charge in [-0.25, -0.2) is 4.79 Å². The minimum absolute atomic E-state index is 0.0979. The Kier molecular flexibility index (Phi) is 4.36. The third-order valence-electron chi connectivity index (χ3n) is 2.56. The molecule has 0 aliphatic carbocycles. The monoisotopic (exact) mass is 302 g/mol. The lowest BCUT2D eigenvalue weighted by molar-refractivity contribution is -0.141. The van der Waals surface area contributed by atoms with E-state index in [-0.39, 0.29) is 5.41 Å². The Morgan fingerprint density at radius 1 is 1.59 bits per heavy atom. The van der Waals surface area contributed by atoms with E-state index in [9.17, 15) is 9.90 Å². The van der Waals surface area contributed by atoms with Gasteiger partial charge in [0.2, 0.25) is 0 Å². The maximum atomic E-state index is 11.2. The van der Waals surface area contributed by atoms with Crippen molar-refractivity contribution in [3.63, 3.8) is 0 Å². The van der Waals surface area contributed by atoms with Gasteiger partial charge in [-0.3, -0.25) is 4.68 Å². The molecule has 5 heteroatoms. The quantitative estimate of drug-likeness (QED) is 0.928. The van der Waals surface area contributed by atoms with Crippen LogP contribution in [-0.2, 0) is 10.2 Å². The summed E-state index contributed by atoms with van der Waals surface area (Å²) in [5.41, 5.74) is 0.791. The fraction of sp³-hybridized carbons (Fsp3) is 0.667. The Labute approximate surface area is 110 Å². The lowest BCUT2D eigenvalue weighted by Crippen LogP contribution is -2.21. The zero-order chi connectivity index (χ0) is 13.2. The maximum absolute atomic E-state index is 11.2. The number of hydrogen-bond donors (Lipinski definition) is 1. The second-order valence-corrected chi connectivity index (χ2v) is 6.05. The van der Waals surface area contributed by atoms with E-state index in [2.05, 4.69) is 41.8 Å². The normalized spacial score (nSPS) is 13.7. The van der Waals surface area contributed by atoms with Crippen molar-refractivity contribution < 1.29 is 9.90 Å². The van der Waals surface area contributed by atoms with Gasteiger partial charge in [-0.2, -0.15) is 5.10 Å². The lowest BCUT2D eigenvalue weighted by Gasteiger charge is -2.16. The van der Waals surface area contributed by atoms with E-state index in [1.807, 2.05) is 6.92 Å². The highest BCUT2D eigenvalue weighted by Crippen LogP contribution is 2.29. The van der Waals surface area contributed by atoms with E-state index in [0.29, 0.717) is 6.42 Å². The van der Waals surface area contributed by atoms with E-state index in [4.69, 9.17) is 0 Å². The van der Waals surface area contributed by atoms with Crippen molar-refractivity contribution in [2.75, 3.05) is 0 Å². The Hall–Kier alpha value is -0.840. The van der Waals surface area contributed by atoms with Crippen molar-refractivity contribution in [3.05, 3.63) is 16.4 Å². The Balaban J connectivity index is 3.11. The van der Waals surface area contributed by atoms with Crippen LogP contribution in [0.25, 0.3) is 0 Å². The summed E-state index contributed by atoms with van der Waals surface area (Å²) in [5.74, 6) is -0.831. The van der Waals surface area contributed by atoms with Crippen LogP contribution >= 0.6 is 15.9 Å². The van der Waals surface area contributed by atoms with Crippen molar-refractivity contribution in [1.29, 1.82) is 0 Å². The molecule has 0 spiro atoms. The molecule has 0 bridgehead atoms. The van der Waals surface area contributed by atoms with Crippen molar-refractivity contribution in [1.82, 2.24) is 9.78 Å². The molecule has 0 amide bonds. The highest BCUT2D eigenvalue weighted by molar-refractivity contribution is 9.10. The van der Waals surface area contributed by atoms with Crippen LogP contribution in [0.15, 0.2) is 10.7 Å². The number of carboxylic acid groups (broad SMARTS) is 1. The zero-order valence-electron chi connectivity index (χ0n) is 10.7. The zero-order valence-corrected chi connectivity index (χ0v) is 12.3. The third-order valence-corrected chi connectivity index (χ3v) is 3.14. The number of aromatic nitrogens is 2. The van der Waals surface area contributed by atoms with Crippen LogP contribution < -0.4 is 0 Å².